The second-order valence-electron chi connectivity index (χ2n) is 8.32. The smallest absolute Gasteiger partial charge is 0.332 e. The molecule has 0 saturated carbocycles. The van der Waals surface area contributed by atoms with Gasteiger partial charge in [-0.05, 0) is 43.2 Å². The number of hydrogen-bond acceptors (Lipinski definition) is 5. The third-order valence-electron chi connectivity index (χ3n) is 5.79. The van der Waals surface area contributed by atoms with E-state index in [1.807, 2.05) is 43.3 Å². The van der Waals surface area contributed by atoms with Crippen LogP contribution in [-0.4, -0.2) is 49.1 Å². The lowest BCUT2D eigenvalue weighted by Gasteiger charge is -2.26. The summed E-state index contributed by atoms with van der Waals surface area (Å²) in [4.78, 5) is 42.1. The number of aromatic nitrogens is 1. The van der Waals surface area contributed by atoms with E-state index in [0.717, 1.165) is 34.2 Å². The minimum Gasteiger partial charge on any atom is -0.496 e. The van der Waals surface area contributed by atoms with Crippen molar-refractivity contribution in [1.82, 2.24) is 20.5 Å². The van der Waals surface area contributed by atoms with Gasteiger partial charge in [0.2, 0.25) is 0 Å². The molecule has 0 spiro atoms. The number of aryl methyl sites for hydroxylation is 1. The Morgan fingerprint density at radius 2 is 1.69 bits per heavy atom. The molecule has 9 heteroatoms. The molecule has 5 amide bonds. The van der Waals surface area contributed by atoms with Crippen LogP contribution in [0.15, 0.2) is 42.5 Å². The number of nitrogens with one attached hydrogen (secondary N) is 3. The predicted octanol–water partition coefficient (Wildman–Crippen LogP) is 4.92. The maximum absolute atomic E-state index is 13.0. The first-order chi connectivity index (χ1) is 16.8. The van der Waals surface area contributed by atoms with Crippen molar-refractivity contribution in [3.63, 3.8) is 0 Å². The highest BCUT2D eigenvalue weighted by atomic mass is 16.5. The number of urea groups is 2. The van der Waals surface area contributed by atoms with Crippen LogP contribution >= 0.6 is 0 Å². The quantitative estimate of drug-likeness (QED) is 0.424. The van der Waals surface area contributed by atoms with Gasteiger partial charge in [0.05, 0.1) is 25.8 Å². The minimum atomic E-state index is -0.844. The molecular formula is C26H32N4O5. The Labute approximate surface area is 204 Å². The largest absolute Gasteiger partial charge is 0.496 e. The van der Waals surface area contributed by atoms with E-state index in [2.05, 4.69) is 22.5 Å². The molecule has 186 valence electrons. The van der Waals surface area contributed by atoms with Crippen molar-refractivity contribution in [1.29, 1.82) is 0 Å². The number of fused-ring (bicyclic) bond motifs is 1. The molecule has 0 aliphatic heterocycles. The third-order valence-corrected chi connectivity index (χ3v) is 5.79. The van der Waals surface area contributed by atoms with Gasteiger partial charge in [0.25, 0.3) is 5.91 Å². The number of benzene rings is 2. The average Bonchev–Trinajstić information content (AvgIpc) is 3.30. The number of methoxy groups -OCH3 is 2. The number of aromatic amines is 1. The maximum Gasteiger partial charge on any atom is 0.332 e. The first-order valence-electron chi connectivity index (χ1n) is 11.5. The van der Waals surface area contributed by atoms with Gasteiger partial charge in [-0.3, -0.25) is 10.1 Å². The molecular weight excluding hydrogens is 448 g/mol. The van der Waals surface area contributed by atoms with Gasteiger partial charge in [0, 0.05) is 18.0 Å². The molecule has 0 aliphatic carbocycles. The van der Waals surface area contributed by atoms with Crippen LogP contribution in [0.2, 0.25) is 0 Å². The van der Waals surface area contributed by atoms with Gasteiger partial charge in [-0.2, -0.15) is 0 Å². The molecule has 3 rings (SSSR count). The summed E-state index contributed by atoms with van der Waals surface area (Å²) in [7, 11) is 4.43. The number of rotatable bonds is 8. The van der Waals surface area contributed by atoms with Crippen LogP contribution in [0.4, 0.5) is 9.59 Å². The number of ether oxygens (including phenoxy) is 2. The Bertz CT molecular complexity index is 1160. The number of imide groups is 2. The highest BCUT2D eigenvalue weighted by Crippen LogP contribution is 2.37. The highest BCUT2D eigenvalue weighted by Gasteiger charge is 2.27. The molecule has 0 bridgehead atoms. The number of carbonyl (C=O) groups excluding carboxylic acids is 3. The van der Waals surface area contributed by atoms with Gasteiger partial charge in [-0.25, -0.2) is 14.5 Å². The van der Waals surface area contributed by atoms with Gasteiger partial charge in [0.1, 0.15) is 17.2 Å². The average molecular weight is 481 g/mol. The summed E-state index contributed by atoms with van der Waals surface area (Å²) in [5.41, 5.74) is 2.65. The fourth-order valence-electron chi connectivity index (χ4n) is 3.89. The van der Waals surface area contributed by atoms with E-state index in [-0.39, 0.29) is 5.69 Å². The van der Waals surface area contributed by atoms with Gasteiger partial charge >= 0.3 is 12.1 Å². The van der Waals surface area contributed by atoms with Crippen molar-refractivity contribution in [2.45, 2.75) is 39.2 Å². The van der Waals surface area contributed by atoms with Crippen molar-refractivity contribution < 1.29 is 23.9 Å². The highest BCUT2D eigenvalue weighted by molar-refractivity contribution is 6.08. The number of unbranched alkanes of at least 4 members (excludes halogenated alkanes) is 1. The molecule has 0 saturated heterocycles. The zero-order valence-corrected chi connectivity index (χ0v) is 20.7. The van der Waals surface area contributed by atoms with Crippen molar-refractivity contribution in [3.8, 4) is 11.5 Å². The number of amides is 5. The lowest BCUT2D eigenvalue weighted by atomic mass is 9.97. The van der Waals surface area contributed by atoms with E-state index >= 15 is 0 Å². The topological polar surface area (TPSA) is 113 Å². The molecule has 0 radical (unpaired) electrons. The molecule has 3 N–H and O–H groups in total. The summed E-state index contributed by atoms with van der Waals surface area (Å²) < 4.78 is 11.1. The fraction of sp³-hybridized carbons (Fsp3) is 0.346. The Morgan fingerprint density at radius 3 is 2.29 bits per heavy atom. The third kappa shape index (κ3) is 5.92. The Balaban J connectivity index is 1.76. The normalized spacial score (nSPS) is 11.6. The Kier molecular flexibility index (Phi) is 8.35. The number of carbonyl (C=O) groups is 3. The van der Waals surface area contributed by atoms with Gasteiger partial charge in [-0.1, -0.05) is 38.0 Å². The van der Waals surface area contributed by atoms with Crippen LogP contribution < -0.4 is 20.1 Å². The summed E-state index contributed by atoms with van der Waals surface area (Å²) in [6, 6.07) is 10.8. The number of hydrogen-bond donors (Lipinski definition) is 3. The van der Waals surface area contributed by atoms with Gasteiger partial charge < -0.3 is 19.8 Å². The standard InChI is InChI=1S/C26H32N4O5/c1-6-7-11-19(23-21(34-4)13-16(2)14-22(23)35-5)28-25(32)30(3)26(33)29-24(31)20-15-17-10-8-9-12-18(17)27-20/h8-10,12-15,19,27H,6-7,11H2,1-5H3,(H,28,32)(H,29,31,33). The first-order valence-corrected chi connectivity index (χ1v) is 11.5. The van der Waals surface area contributed by atoms with Crippen LogP contribution in [-0.2, 0) is 0 Å². The van der Waals surface area contributed by atoms with E-state index in [9.17, 15) is 14.4 Å². The predicted molar refractivity (Wildman–Crippen MR) is 134 cm³/mol. The van der Waals surface area contributed by atoms with Crippen LogP contribution in [0, 0.1) is 6.92 Å². The summed E-state index contributed by atoms with van der Waals surface area (Å²) in [6.45, 7) is 3.98. The summed E-state index contributed by atoms with van der Waals surface area (Å²) in [5.74, 6) is 0.545. The first kappa shape index (κ1) is 25.6. The van der Waals surface area contributed by atoms with E-state index < -0.39 is 24.0 Å². The molecule has 1 heterocycles. The summed E-state index contributed by atoms with van der Waals surface area (Å²) in [5, 5.41) is 6.00. The van der Waals surface area contributed by atoms with Crippen molar-refractivity contribution in [2.75, 3.05) is 21.3 Å². The van der Waals surface area contributed by atoms with Crippen molar-refractivity contribution >= 4 is 28.9 Å². The maximum atomic E-state index is 13.0. The second-order valence-corrected chi connectivity index (χ2v) is 8.32. The van der Waals surface area contributed by atoms with Crippen LogP contribution in [0.1, 0.15) is 53.8 Å². The molecule has 1 unspecified atom stereocenters. The fourth-order valence-corrected chi connectivity index (χ4v) is 3.89. The Hall–Kier alpha value is -4.01. The zero-order chi connectivity index (χ0) is 25.5. The zero-order valence-electron chi connectivity index (χ0n) is 20.7. The second kappa shape index (κ2) is 11.4. The SMILES string of the molecule is CCCCC(NC(=O)N(C)C(=O)NC(=O)c1cc2ccccc2[nH]1)c1c(OC)cc(C)cc1OC. The molecule has 3 aromatic rings. The number of H-pyrrole nitrogens is 1. The Morgan fingerprint density at radius 1 is 1.03 bits per heavy atom. The van der Waals surface area contributed by atoms with E-state index in [1.54, 1.807) is 20.3 Å². The van der Waals surface area contributed by atoms with Gasteiger partial charge in [0.15, 0.2) is 0 Å². The monoisotopic (exact) mass is 480 g/mol. The van der Waals surface area contributed by atoms with E-state index in [0.29, 0.717) is 23.5 Å². The number of para-hydroxylation sites is 1. The lowest BCUT2D eigenvalue weighted by Crippen LogP contribution is -2.48. The molecule has 1 atom stereocenters. The minimum absolute atomic E-state index is 0.225. The molecule has 1 aromatic heterocycles. The van der Waals surface area contributed by atoms with Crippen molar-refractivity contribution in [3.05, 3.63) is 59.3 Å². The van der Waals surface area contributed by atoms with Crippen LogP contribution in [0.5, 0.6) is 11.5 Å². The molecule has 2 aromatic carbocycles. The van der Waals surface area contributed by atoms with Crippen LogP contribution in [0.3, 0.4) is 0 Å². The van der Waals surface area contributed by atoms with E-state index in [1.165, 1.54) is 7.05 Å². The van der Waals surface area contributed by atoms with E-state index in [4.69, 9.17) is 9.47 Å². The molecule has 0 fully saturated rings. The van der Waals surface area contributed by atoms with Crippen LogP contribution in [0.25, 0.3) is 10.9 Å². The number of nitrogens with zero attached hydrogens (tertiary/aromatic N) is 1. The van der Waals surface area contributed by atoms with Gasteiger partial charge in [-0.15, -0.1) is 0 Å². The van der Waals surface area contributed by atoms with Crippen molar-refractivity contribution in [2.24, 2.45) is 0 Å². The molecule has 35 heavy (non-hydrogen) atoms. The molecule has 9 nitrogen and oxygen atoms in total. The molecule has 0 aliphatic rings. The summed E-state index contributed by atoms with van der Waals surface area (Å²) >= 11 is 0. The lowest BCUT2D eigenvalue weighted by molar-refractivity contribution is 0.0953. The summed E-state index contributed by atoms with van der Waals surface area (Å²) in [6.07, 6.45) is 2.36.